The van der Waals surface area contributed by atoms with Crippen LogP contribution in [-0.2, 0) is 9.53 Å². The molecular weight excluding hydrogens is 178 g/mol. The van der Waals surface area contributed by atoms with E-state index in [1.165, 1.54) is 7.11 Å². The van der Waals surface area contributed by atoms with Crippen LogP contribution in [0.5, 0.6) is 0 Å². The summed E-state index contributed by atoms with van der Waals surface area (Å²) in [6.07, 6.45) is 3.19. The van der Waals surface area contributed by atoms with Crippen LogP contribution in [0.1, 0.15) is 26.2 Å². The quantitative estimate of drug-likeness (QED) is 0.635. The molecule has 4 heteroatoms. The Labute approximate surface area is 79.3 Å². The van der Waals surface area contributed by atoms with E-state index in [4.69, 9.17) is 0 Å². The average molecular weight is 194 g/mol. The van der Waals surface area contributed by atoms with Crippen LogP contribution in [0.25, 0.3) is 0 Å². The van der Waals surface area contributed by atoms with Crippen LogP contribution >= 0.6 is 12.4 Å². The molecule has 1 fully saturated rings. The fourth-order valence-corrected chi connectivity index (χ4v) is 1.47. The Morgan fingerprint density at radius 1 is 1.50 bits per heavy atom. The number of hydrogen-bond donors (Lipinski definition) is 1. The highest BCUT2D eigenvalue weighted by Gasteiger charge is 2.24. The first-order valence-corrected chi connectivity index (χ1v) is 4.08. The number of ether oxygens (including phenoxy) is 1. The molecule has 1 saturated heterocycles. The molecule has 72 valence electrons. The van der Waals surface area contributed by atoms with Gasteiger partial charge in [0.25, 0.3) is 0 Å². The molecule has 0 aromatic carbocycles. The minimum atomic E-state index is -0.128. The predicted octanol–water partition coefficient (Wildman–Crippen LogP) is 1.11. The van der Waals surface area contributed by atoms with Gasteiger partial charge in [-0.2, -0.15) is 0 Å². The topological polar surface area (TPSA) is 38.3 Å². The molecule has 0 aliphatic carbocycles. The summed E-state index contributed by atoms with van der Waals surface area (Å²) >= 11 is 0. The van der Waals surface area contributed by atoms with Crippen molar-refractivity contribution in [3.63, 3.8) is 0 Å². The smallest absolute Gasteiger partial charge is 0.322 e. The molecule has 1 N–H and O–H groups in total. The summed E-state index contributed by atoms with van der Waals surface area (Å²) in [6, 6.07) is 0.386. The highest BCUT2D eigenvalue weighted by molar-refractivity contribution is 5.85. The average Bonchev–Trinajstić information content (AvgIpc) is 2.03. The summed E-state index contributed by atoms with van der Waals surface area (Å²) in [5.41, 5.74) is 0. The summed E-state index contributed by atoms with van der Waals surface area (Å²) in [5, 5.41) is 3.19. The van der Waals surface area contributed by atoms with Crippen molar-refractivity contribution in [2.45, 2.75) is 38.3 Å². The second kappa shape index (κ2) is 5.38. The van der Waals surface area contributed by atoms with Gasteiger partial charge in [0.15, 0.2) is 0 Å². The molecule has 2 unspecified atom stereocenters. The molecule has 0 aromatic heterocycles. The zero-order valence-corrected chi connectivity index (χ0v) is 8.32. The fourth-order valence-electron chi connectivity index (χ4n) is 1.47. The molecule has 1 aliphatic rings. The highest BCUT2D eigenvalue weighted by atomic mass is 35.5. The van der Waals surface area contributed by atoms with Gasteiger partial charge in [-0.05, 0) is 26.2 Å². The summed E-state index contributed by atoms with van der Waals surface area (Å²) < 4.78 is 4.64. The molecule has 12 heavy (non-hydrogen) atoms. The van der Waals surface area contributed by atoms with Crippen molar-refractivity contribution in [1.82, 2.24) is 5.32 Å². The second-order valence-electron chi connectivity index (χ2n) is 3.07. The molecule has 3 nitrogen and oxygen atoms in total. The Morgan fingerprint density at radius 2 is 2.17 bits per heavy atom. The molecule has 0 bridgehead atoms. The number of methoxy groups -OCH3 is 1. The molecule has 1 aliphatic heterocycles. The number of rotatable bonds is 1. The van der Waals surface area contributed by atoms with Crippen LogP contribution < -0.4 is 5.32 Å². The molecule has 0 radical (unpaired) electrons. The van der Waals surface area contributed by atoms with Crippen LogP contribution in [0.4, 0.5) is 0 Å². The Bertz CT molecular complexity index is 152. The van der Waals surface area contributed by atoms with Crippen LogP contribution in [-0.4, -0.2) is 25.2 Å². The van der Waals surface area contributed by atoms with E-state index in [1.807, 2.05) is 0 Å². The van der Waals surface area contributed by atoms with Gasteiger partial charge in [0.1, 0.15) is 6.04 Å². The summed E-state index contributed by atoms with van der Waals surface area (Å²) in [6.45, 7) is 2.09. The molecular formula is C8H16ClNO2. The lowest BCUT2D eigenvalue weighted by molar-refractivity contribution is -0.144. The highest BCUT2D eigenvalue weighted by Crippen LogP contribution is 2.12. The largest absolute Gasteiger partial charge is 0.468 e. The van der Waals surface area contributed by atoms with Crippen molar-refractivity contribution in [2.24, 2.45) is 0 Å². The van der Waals surface area contributed by atoms with Crippen molar-refractivity contribution < 1.29 is 9.53 Å². The van der Waals surface area contributed by atoms with Crippen LogP contribution in [0.15, 0.2) is 0 Å². The third-order valence-corrected chi connectivity index (χ3v) is 2.10. The van der Waals surface area contributed by atoms with E-state index in [0.717, 1.165) is 19.3 Å². The number of esters is 1. The number of piperidine rings is 1. The van der Waals surface area contributed by atoms with E-state index in [2.05, 4.69) is 17.0 Å². The van der Waals surface area contributed by atoms with E-state index in [-0.39, 0.29) is 24.4 Å². The molecule has 1 heterocycles. The third-order valence-electron chi connectivity index (χ3n) is 2.10. The standard InChI is InChI=1S/C8H15NO2.ClH/c1-6-4-3-5-7(9-6)8(10)11-2;/h6-7,9H,3-5H2,1-2H3;1H. The maximum Gasteiger partial charge on any atom is 0.322 e. The summed E-state index contributed by atoms with van der Waals surface area (Å²) in [4.78, 5) is 11.0. The zero-order valence-electron chi connectivity index (χ0n) is 7.50. The van der Waals surface area contributed by atoms with Gasteiger partial charge in [0.05, 0.1) is 7.11 Å². The van der Waals surface area contributed by atoms with Crippen molar-refractivity contribution in [2.75, 3.05) is 7.11 Å². The van der Waals surface area contributed by atoms with Gasteiger partial charge in [-0.15, -0.1) is 12.4 Å². The first-order valence-electron chi connectivity index (χ1n) is 4.08. The van der Waals surface area contributed by atoms with Crippen molar-refractivity contribution >= 4 is 18.4 Å². The molecule has 0 saturated carbocycles. The van der Waals surface area contributed by atoms with E-state index >= 15 is 0 Å². The first kappa shape index (κ1) is 11.7. The Hall–Kier alpha value is -0.280. The van der Waals surface area contributed by atoms with Crippen molar-refractivity contribution in [3.05, 3.63) is 0 Å². The Kier molecular flexibility index (Phi) is 5.25. The molecule has 2 atom stereocenters. The van der Waals surface area contributed by atoms with Crippen molar-refractivity contribution in [1.29, 1.82) is 0 Å². The fraction of sp³-hybridized carbons (Fsp3) is 0.875. The molecule has 1 rings (SSSR count). The van der Waals surface area contributed by atoms with Gasteiger partial charge in [0, 0.05) is 6.04 Å². The normalized spacial score (nSPS) is 28.8. The van der Waals surface area contributed by atoms with E-state index in [0.29, 0.717) is 6.04 Å². The molecule has 0 amide bonds. The minimum absolute atomic E-state index is 0. The summed E-state index contributed by atoms with van der Waals surface area (Å²) in [5.74, 6) is -0.128. The number of carbonyl (C=O) groups is 1. The minimum Gasteiger partial charge on any atom is -0.468 e. The van der Waals surface area contributed by atoms with Crippen molar-refractivity contribution in [3.8, 4) is 0 Å². The number of carbonyl (C=O) groups excluding carboxylic acids is 1. The lowest BCUT2D eigenvalue weighted by atomic mass is 10.00. The second-order valence-corrected chi connectivity index (χ2v) is 3.07. The first-order chi connectivity index (χ1) is 5.24. The zero-order chi connectivity index (χ0) is 8.27. The number of nitrogens with one attached hydrogen (secondary N) is 1. The van der Waals surface area contributed by atoms with Crippen LogP contribution in [0.3, 0.4) is 0 Å². The van der Waals surface area contributed by atoms with Gasteiger partial charge in [0.2, 0.25) is 0 Å². The Balaban J connectivity index is 0.00000121. The summed E-state index contributed by atoms with van der Waals surface area (Å²) in [7, 11) is 1.43. The lowest BCUT2D eigenvalue weighted by Crippen LogP contribution is -2.45. The lowest BCUT2D eigenvalue weighted by Gasteiger charge is -2.26. The monoisotopic (exact) mass is 193 g/mol. The van der Waals surface area contributed by atoms with E-state index < -0.39 is 0 Å². The van der Waals surface area contributed by atoms with Gasteiger partial charge < -0.3 is 10.1 Å². The third kappa shape index (κ3) is 2.99. The molecule has 0 spiro atoms. The van der Waals surface area contributed by atoms with Crippen LogP contribution in [0.2, 0.25) is 0 Å². The Morgan fingerprint density at radius 3 is 2.67 bits per heavy atom. The van der Waals surface area contributed by atoms with Gasteiger partial charge >= 0.3 is 5.97 Å². The number of hydrogen-bond acceptors (Lipinski definition) is 3. The predicted molar refractivity (Wildman–Crippen MR) is 49.5 cm³/mol. The van der Waals surface area contributed by atoms with Gasteiger partial charge in [-0.1, -0.05) is 0 Å². The van der Waals surface area contributed by atoms with Gasteiger partial charge in [-0.25, -0.2) is 0 Å². The van der Waals surface area contributed by atoms with E-state index in [9.17, 15) is 4.79 Å². The van der Waals surface area contributed by atoms with E-state index in [1.54, 1.807) is 0 Å². The van der Waals surface area contributed by atoms with Crippen LogP contribution in [0, 0.1) is 0 Å². The molecule has 0 aromatic rings. The number of halogens is 1. The maximum atomic E-state index is 11.0. The maximum absolute atomic E-state index is 11.0. The van der Waals surface area contributed by atoms with Gasteiger partial charge in [-0.3, -0.25) is 4.79 Å². The SMILES string of the molecule is COC(=O)C1CCCC(C)N1.Cl.